The number of aliphatic imine (C=N–C) groups is 1. The van der Waals surface area contributed by atoms with Crippen molar-refractivity contribution in [1.29, 1.82) is 0 Å². The molecule has 0 radical (unpaired) electrons. The van der Waals surface area contributed by atoms with Gasteiger partial charge < -0.3 is 9.64 Å². The van der Waals surface area contributed by atoms with Gasteiger partial charge in [-0.2, -0.15) is 13.2 Å². The summed E-state index contributed by atoms with van der Waals surface area (Å²) in [4.78, 5) is 10.7. The summed E-state index contributed by atoms with van der Waals surface area (Å²) in [5, 5.41) is 0. The molecule has 228 valence electrons. The molecule has 0 aromatic carbocycles. The zero-order valence-corrected chi connectivity index (χ0v) is 26.0. The molecule has 0 amide bonds. The second-order valence-electron chi connectivity index (χ2n) is 10.8. The molecule has 0 N–H and O–H groups in total. The van der Waals surface area contributed by atoms with Crippen LogP contribution in [-0.4, -0.2) is 48.5 Å². The average Bonchev–Trinajstić information content (AvgIpc) is 2.93. The second-order valence-corrected chi connectivity index (χ2v) is 10.8. The molecule has 0 spiro atoms. The molecule has 1 atom stereocenters. The molecule has 1 aromatic heterocycles. The molecule has 1 aliphatic heterocycles. The van der Waals surface area contributed by atoms with E-state index in [2.05, 4.69) is 51.1 Å². The number of alkyl halides is 3. The van der Waals surface area contributed by atoms with E-state index in [4.69, 9.17) is 9.72 Å². The van der Waals surface area contributed by atoms with Crippen LogP contribution >= 0.6 is 0 Å². The normalized spacial score (nSPS) is 15.9. The molecule has 1 unspecified atom stereocenters. The summed E-state index contributed by atoms with van der Waals surface area (Å²) in [5.74, 6) is 1.05. The van der Waals surface area contributed by atoms with Crippen molar-refractivity contribution in [3.8, 4) is 0 Å². The first-order valence-corrected chi connectivity index (χ1v) is 14.5. The molecule has 0 aliphatic carbocycles. The van der Waals surface area contributed by atoms with Gasteiger partial charge in [-0.1, -0.05) is 57.7 Å². The van der Waals surface area contributed by atoms with E-state index in [1.165, 1.54) is 16.0 Å². The fourth-order valence-electron chi connectivity index (χ4n) is 4.67. The lowest BCUT2D eigenvalue weighted by Crippen LogP contribution is -2.31. The molecule has 1 aromatic rings. The SMILES string of the molecule is C=C/C=C\C=N/CC(C)C/C=C(/C(C=C)=C/N(CCCC)CC(F)(F)F)c1ncc(C2=C(C)OCC(C)=C2C)cc1C. The van der Waals surface area contributed by atoms with Gasteiger partial charge >= 0.3 is 6.18 Å². The Bertz CT molecular complexity index is 1280. The number of hydrogen-bond donors (Lipinski definition) is 0. The molecular weight excluding hydrogens is 535 g/mol. The highest BCUT2D eigenvalue weighted by Gasteiger charge is 2.30. The molecule has 0 fully saturated rings. The van der Waals surface area contributed by atoms with Crippen LogP contribution in [0.3, 0.4) is 0 Å². The van der Waals surface area contributed by atoms with E-state index in [1.54, 1.807) is 24.6 Å². The predicted molar refractivity (Wildman–Crippen MR) is 171 cm³/mol. The smallest absolute Gasteiger partial charge is 0.405 e. The number of aromatic nitrogens is 1. The van der Waals surface area contributed by atoms with Crippen LogP contribution in [0.2, 0.25) is 0 Å². The maximum Gasteiger partial charge on any atom is 0.405 e. The van der Waals surface area contributed by atoms with E-state index in [-0.39, 0.29) is 5.92 Å². The number of unbranched alkanes of at least 4 members (excludes halogenated alkanes) is 1. The van der Waals surface area contributed by atoms with Crippen molar-refractivity contribution in [3.63, 3.8) is 0 Å². The zero-order chi connectivity index (χ0) is 31.3. The minimum atomic E-state index is -4.32. The average molecular weight is 582 g/mol. The van der Waals surface area contributed by atoms with Crippen LogP contribution in [0.25, 0.3) is 11.1 Å². The number of hydrogen-bond acceptors (Lipinski definition) is 4. The lowest BCUT2D eigenvalue weighted by Gasteiger charge is -2.24. The van der Waals surface area contributed by atoms with E-state index < -0.39 is 12.7 Å². The summed E-state index contributed by atoms with van der Waals surface area (Å²) in [5.41, 5.74) is 7.31. The third-order valence-electron chi connectivity index (χ3n) is 7.11. The van der Waals surface area contributed by atoms with Crippen molar-refractivity contribution in [1.82, 2.24) is 9.88 Å². The topological polar surface area (TPSA) is 37.7 Å². The van der Waals surface area contributed by atoms with E-state index >= 15 is 0 Å². The van der Waals surface area contributed by atoms with Crippen molar-refractivity contribution in [2.45, 2.75) is 67.0 Å². The summed E-state index contributed by atoms with van der Waals surface area (Å²) in [6, 6.07) is 2.07. The van der Waals surface area contributed by atoms with Crippen LogP contribution in [0.5, 0.6) is 0 Å². The van der Waals surface area contributed by atoms with Crippen molar-refractivity contribution < 1.29 is 17.9 Å². The fraction of sp³-hybridized carbons (Fsp3) is 0.429. The Balaban J connectivity index is 2.58. The first-order valence-electron chi connectivity index (χ1n) is 14.5. The zero-order valence-electron chi connectivity index (χ0n) is 26.0. The summed E-state index contributed by atoms with van der Waals surface area (Å²) in [7, 11) is 0. The highest BCUT2D eigenvalue weighted by atomic mass is 19.4. The molecule has 7 heteroatoms. The Hall–Kier alpha value is -3.61. The maximum atomic E-state index is 13.5. The van der Waals surface area contributed by atoms with Crippen molar-refractivity contribution in [2.75, 3.05) is 26.2 Å². The molecular formula is C35H46F3N3O. The lowest BCUT2D eigenvalue weighted by molar-refractivity contribution is -0.140. The summed E-state index contributed by atoms with van der Waals surface area (Å²) in [6.07, 6.45) is 11.9. The monoisotopic (exact) mass is 581 g/mol. The van der Waals surface area contributed by atoms with Gasteiger partial charge in [-0.05, 0) is 80.9 Å². The van der Waals surface area contributed by atoms with Gasteiger partial charge in [0, 0.05) is 48.4 Å². The highest BCUT2D eigenvalue weighted by molar-refractivity contribution is 5.84. The van der Waals surface area contributed by atoms with Gasteiger partial charge in [-0.3, -0.25) is 9.98 Å². The van der Waals surface area contributed by atoms with Crippen LogP contribution in [0, 0.1) is 12.8 Å². The lowest BCUT2D eigenvalue weighted by atomic mass is 9.91. The molecule has 0 saturated heterocycles. The van der Waals surface area contributed by atoms with Gasteiger partial charge in [-0.25, -0.2) is 0 Å². The molecule has 42 heavy (non-hydrogen) atoms. The Morgan fingerprint density at radius 1 is 1.19 bits per heavy atom. The van der Waals surface area contributed by atoms with Crippen LogP contribution < -0.4 is 0 Å². The first-order chi connectivity index (χ1) is 19.9. The number of halogens is 3. The molecule has 2 heterocycles. The number of aryl methyl sites for hydroxylation is 1. The van der Waals surface area contributed by atoms with Crippen molar-refractivity contribution in [3.05, 3.63) is 101 Å². The Labute approximate surface area is 250 Å². The Morgan fingerprint density at radius 3 is 2.55 bits per heavy atom. The van der Waals surface area contributed by atoms with Gasteiger partial charge in [0.05, 0.1) is 5.69 Å². The van der Waals surface area contributed by atoms with Gasteiger partial charge in [0.1, 0.15) is 18.9 Å². The number of pyridine rings is 1. The minimum Gasteiger partial charge on any atom is -0.493 e. The number of ether oxygens (including phenoxy) is 1. The quantitative estimate of drug-likeness (QED) is 0.153. The molecule has 0 bridgehead atoms. The number of rotatable bonds is 15. The van der Waals surface area contributed by atoms with Crippen LogP contribution in [0.1, 0.15) is 70.7 Å². The Morgan fingerprint density at radius 2 is 1.93 bits per heavy atom. The fourth-order valence-corrected chi connectivity index (χ4v) is 4.67. The molecule has 2 rings (SSSR count). The van der Waals surface area contributed by atoms with Gasteiger partial charge in [0.2, 0.25) is 0 Å². The summed E-state index contributed by atoms with van der Waals surface area (Å²) >= 11 is 0. The Kier molecular flexibility index (Phi) is 13.8. The van der Waals surface area contributed by atoms with E-state index in [0.717, 1.165) is 34.5 Å². The van der Waals surface area contributed by atoms with Crippen molar-refractivity contribution >= 4 is 17.4 Å². The number of nitrogens with zero attached hydrogens (tertiary/aromatic N) is 3. The molecule has 0 saturated carbocycles. The summed E-state index contributed by atoms with van der Waals surface area (Å²) < 4.78 is 46.3. The van der Waals surface area contributed by atoms with E-state index in [9.17, 15) is 13.2 Å². The van der Waals surface area contributed by atoms with Crippen LogP contribution in [0.4, 0.5) is 13.2 Å². The maximum absolute atomic E-state index is 13.5. The standard InChI is InChI=1S/C35H46F3N3O/c1-9-12-14-17-39-20-25(4)15-16-32(30(11-3)22-41(18-13-10-2)24-35(36,37)38)34-26(5)19-31(21-40-34)33-28(7)27(6)23-42-29(33)8/h9,11-12,14,16-17,19,21-22,25H,1,3,10,13,15,18,20,23-24H2,2,4-8H3/b14-12-,30-22+,32-16-,39-17-. The third kappa shape index (κ3) is 10.7. The highest BCUT2D eigenvalue weighted by Crippen LogP contribution is 2.35. The molecule has 4 nitrogen and oxygen atoms in total. The van der Waals surface area contributed by atoms with Gasteiger partial charge in [0.25, 0.3) is 0 Å². The second kappa shape index (κ2) is 16.7. The van der Waals surface area contributed by atoms with Crippen molar-refractivity contribution in [2.24, 2.45) is 10.9 Å². The predicted octanol–water partition coefficient (Wildman–Crippen LogP) is 9.44. The third-order valence-corrected chi connectivity index (χ3v) is 7.11. The first kappa shape index (κ1) is 34.6. The molecule has 1 aliphatic rings. The van der Waals surface area contributed by atoms with E-state index in [1.807, 2.05) is 39.1 Å². The van der Waals surface area contributed by atoms with Gasteiger partial charge in [-0.15, -0.1) is 0 Å². The van der Waals surface area contributed by atoms with Crippen LogP contribution in [0.15, 0.2) is 89.5 Å². The number of allylic oxidation sites excluding steroid dienone is 10. The largest absolute Gasteiger partial charge is 0.493 e. The minimum absolute atomic E-state index is 0.202. The van der Waals surface area contributed by atoms with Crippen LogP contribution in [-0.2, 0) is 4.74 Å². The van der Waals surface area contributed by atoms with Gasteiger partial charge in [0.15, 0.2) is 0 Å². The summed E-state index contributed by atoms with van der Waals surface area (Å²) in [6.45, 7) is 20.2. The van der Waals surface area contributed by atoms with E-state index in [0.29, 0.717) is 43.8 Å².